The number of nitrogens with one attached hydrogen (secondary N) is 1. The minimum absolute atomic E-state index is 0. The molecule has 1 saturated heterocycles. The highest BCUT2D eigenvalue weighted by atomic mass is 35.5. The molecule has 0 aliphatic carbocycles. The Labute approximate surface area is 208 Å². The van der Waals surface area contributed by atoms with Gasteiger partial charge in [0.2, 0.25) is 0 Å². The summed E-state index contributed by atoms with van der Waals surface area (Å²) in [7, 11) is 0. The number of nitrogens with zero attached hydrogens (tertiary/aromatic N) is 2. The minimum atomic E-state index is -1.24. The van der Waals surface area contributed by atoms with E-state index in [1.54, 1.807) is 18.2 Å². The number of rotatable bonds is 8. The van der Waals surface area contributed by atoms with Crippen LogP contribution in [0.2, 0.25) is 10.0 Å². The summed E-state index contributed by atoms with van der Waals surface area (Å²) in [6, 6.07) is 12.6. The van der Waals surface area contributed by atoms with Crippen molar-refractivity contribution in [3.05, 3.63) is 63.0 Å². The fourth-order valence-electron chi connectivity index (χ4n) is 4.23. The minimum Gasteiger partial charge on any atom is -0.480 e. The Morgan fingerprint density at radius 1 is 1.19 bits per heavy atom. The average Bonchev–Trinajstić information content (AvgIpc) is 2.74. The van der Waals surface area contributed by atoms with Crippen molar-refractivity contribution in [1.29, 1.82) is 0 Å². The number of carboxylic acid groups (broad SMARTS) is 1. The second kappa shape index (κ2) is 11.1. The molecule has 0 spiro atoms. The molecule has 0 bridgehead atoms. The van der Waals surface area contributed by atoms with Crippen molar-refractivity contribution in [1.82, 2.24) is 4.90 Å². The predicted molar refractivity (Wildman–Crippen MR) is 136 cm³/mol. The molecule has 2 aromatic rings. The predicted octanol–water partition coefficient (Wildman–Crippen LogP) is 7.12. The summed E-state index contributed by atoms with van der Waals surface area (Å²) in [4.78, 5) is 25.6. The smallest absolute Gasteiger partial charge is 0.328 e. The van der Waals surface area contributed by atoms with Crippen molar-refractivity contribution in [2.75, 3.05) is 18.4 Å². The second-order valence-electron chi connectivity index (χ2n) is 7.89. The first-order chi connectivity index (χ1) is 14.8. The van der Waals surface area contributed by atoms with Gasteiger partial charge in [0.25, 0.3) is 0 Å². The van der Waals surface area contributed by atoms with Gasteiger partial charge in [-0.3, -0.25) is 4.90 Å². The number of hydrogen-bond donors (Lipinski definition) is 2. The third-order valence-corrected chi connectivity index (χ3v) is 7.63. The van der Waals surface area contributed by atoms with Gasteiger partial charge in [-0.25, -0.2) is 4.79 Å². The first-order valence-corrected chi connectivity index (χ1v) is 11.6. The van der Waals surface area contributed by atoms with Crippen molar-refractivity contribution in [2.24, 2.45) is 4.58 Å². The largest absolute Gasteiger partial charge is 0.480 e. The van der Waals surface area contributed by atoms with Crippen LogP contribution in [0.3, 0.4) is 0 Å². The number of piperidine rings is 1. The van der Waals surface area contributed by atoms with Gasteiger partial charge in [-0.2, -0.15) is 0 Å². The number of carboxylic acids is 1. The van der Waals surface area contributed by atoms with Crippen molar-refractivity contribution < 1.29 is 9.90 Å². The number of hydrogen-bond acceptors (Lipinski definition) is 6. The Balaban J connectivity index is 0.00000363. The van der Waals surface area contributed by atoms with Crippen LogP contribution in [0.5, 0.6) is 0 Å². The molecule has 3 rings (SSSR count). The molecule has 6 nitrogen and oxygen atoms in total. The molecule has 2 N–H and O–H groups in total. The van der Waals surface area contributed by atoms with Crippen LogP contribution in [0.25, 0.3) is 0 Å². The molecule has 32 heavy (non-hydrogen) atoms. The van der Waals surface area contributed by atoms with Crippen molar-refractivity contribution in [3.8, 4) is 0 Å². The van der Waals surface area contributed by atoms with Crippen LogP contribution < -0.4 is 5.32 Å². The fraction of sp³-hybridized carbons (Fsp3) is 0.409. The molecule has 0 amide bonds. The van der Waals surface area contributed by atoms with Gasteiger partial charge in [0.05, 0.1) is 15.7 Å². The van der Waals surface area contributed by atoms with Crippen molar-refractivity contribution in [2.45, 2.75) is 43.4 Å². The van der Waals surface area contributed by atoms with Gasteiger partial charge in [0.1, 0.15) is 5.54 Å². The quantitative estimate of drug-likeness (QED) is 0.286. The lowest BCUT2D eigenvalue weighted by molar-refractivity contribution is -0.154. The van der Waals surface area contributed by atoms with E-state index in [1.807, 2.05) is 43.0 Å². The van der Waals surface area contributed by atoms with Crippen LogP contribution in [-0.4, -0.2) is 33.8 Å². The highest BCUT2D eigenvalue weighted by Crippen LogP contribution is 2.44. The molecule has 1 heterocycles. The average molecular weight is 519 g/mol. The molecule has 0 saturated carbocycles. The van der Waals surface area contributed by atoms with Gasteiger partial charge in [-0.15, -0.1) is 17.3 Å². The molecule has 1 atom stereocenters. The third-order valence-electron chi connectivity index (χ3n) is 6.08. The fourth-order valence-corrected chi connectivity index (χ4v) is 5.27. The Kier molecular flexibility index (Phi) is 9.25. The topological polar surface area (TPSA) is 82.0 Å². The zero-order valence-corrected chi connectivity index (χ0v) is 21.0. The van der Waals surface area contributed by atoms with E-state index in [9.17, 15) is 14.8 Å². The number of halogens is 3. The van der Waals surface area contributed by atoms with E-state index < -0.39 is 11.5 Å². The molecule has 174 valence electrons. The maximum atomic E-state index is 12.8. The highest BCUT2D eigenvalue weighted by Gasteiger charge is 2.48. The Hall–Kier alpha value is -1.51. The van der Waals surface area contributed by atoms with Gasteiger partial charge in [-0.1, -0.05) is 54.4 Å². The van der Waals surface area contributed by atoms with Gasteiger partial charge in [0.15, 0.2) is 0 Å². The highest BCUT2D eigenvalue weighted by molar-refractivity contribution is 7.99. The van der Waals surface area contributed by atoms with E-state index >= 15 is 0 Å². The molecule has 0 aromatic heterocycles. The normalized spacial score (nSPS) is 17.6. The summed E-state index contributed by atoms with van der Waals surface area (Å²) < 4.78 is 2.73. The second-order valence-corrected chi connectivity index (χ2v) is 10.0. The molecule has 10 heteroatoms. The molecular weight excluding hydrogens is 493 g/mol. The number of anilines is 2. The van der Waals surface area contributed by atoms with Crippen LogP contribution in [-0.2, 0) is 10.3 Å². The lowest BCUT2D eigenvalue weighted by atomic mass is 9.81. The lowest BCUT2D eigenvalue weighted by Crippen LogP contribution is -2.56. The van der Waals surface area contributed by atoms with Gasteiger partial charge >= 0.3 is 5.97 Å². The van der Waals surface area contributed by atoms with E-state index in [0.717, 1.165) is 11.9 Å². The zero-order chi connectivity index (χ0) is 22.6. The number of carbonyl (C=O) groups is 1. The number of nitroso groups, excluding NO2 is 1. The van der Waals surface area contributed by atoms with Crippen molar-refractivity contribution >= 4 is 64.9 Å². The molecule has 1 aliphatic rings. The molecule has 0 radical (unpaired) electrons. The van der Waals surface area contributed by atoms with Crippen LogP contribution in [0.1, 0.15) is 38.7 Å². The van der Waals surface area contributed by atoms with E-state index in [4.69, 9.17) is 23.2 Å². The number of para-hydroxylation sites is 2. The number of likely N-dealkylation sites (tertiary alicyclic amines) is 1. The van der Waals surface area contributed by atoms with E-state index in [1.165, 1.54) is 0 Å². The Morgan fingerprint density at radius 3 is 2.31 bits per heavy atom. The molecule has 2 aromatic carbocycles. The summed E-state index contributed by atoms with van der Waals surface area (Å²) in [5, 5.41) is 14.6. The van der Waals surface area contributed by atoms with Crippen LogP contribution in [0, 0.1) is 4.91 Å². The molecular formula is C22H26Cl3N3O3S. The van der Waals surface area contributed by atoms with Crippen LogP contribution in [0.15, 0.2) is 47.0 Å². The number of benzene rings is 2. The summed E-state index contributed by atoms with van der Waals surface area (Å²) in [5.41, 5.74) is 0.580. The maximum absolute atomic E-state index is 12.8. The first-order valence-electron chi connectivity index (χ1n) is 10.1. The maximum Gasteiger partial charge on any atom is 0.328 e. The van der Waals surface area contributed by atoms with Crippen LogP contribution >= 0.6 is 47.6 Å². The summed E-state index contributed by atoms with van der Waals surface area (Å²) in [5.74, 6) is -0.917. The molecule has 1 fully saturated rings. The first kappa shape index (κ1) is 26.7. The Bertz CT molecular complexity index is 950. The van der Waals surface area contributed by atoms with Crippen molar-refractivity contribution in [3.63, 3.8) is 0 Å². The lowest BCUT2D eigenvalue weighted by Gasteiger charge is -2.46. The molecule has 1 aliphatic heterocycles. The summed E-state index contributed by atoms with van der Waals surface area (Å²) in [6.07, 6.45) is 1.71. The standard InChI is InChI=1S/C22H25Cl2N3O3S.ClH/c1-3-22(20(28)29,27-13-11-21(2,12-14-27)31-26-30)15-7-4-5-10-18(15)25-19-16(23)8-6-9-17(19)24;/h4-10,25H,3,11-14H2,1-2H3,(H,28,29);1H. The van der Waals surface area contributed by atoms with E-state index in [0.29, 0.717) is 59.3 Å². The van der Waals surface area contributed by atoms with Gasteiger partial charge in [-0.05, 0) is 44.4 Å². The third kappa shape index (κ3) is 5.18. The molecule has 1 unspecified atom stereocenters. The van der Waals surface area contributed by atoms with Crippen LogP contribution in [0.4, 0.5) is 11.4 Å². The van der Waals surface area contributed by atoms with Gasteiger partial charge < -0.3 is 10.4 Å². The Morgan fingerprint density at radius 2 is 1.78 bits per heavy atom. The number of aliphatic carboxylic acids is 1. The monoisotopic (exact) mass is 517 g/mol. The SMILES string of the molecule is CCC(C(=O)O)(c1ccccc1Nc1c(Cl)cccc1Cl)N1CCC(C)(SN=O)CC1.Cl. The summed E-state index contributed by atoms with van der Waals surface area (Å²) in [6.45, 7) is 4.96. The van der Waals surface area contributed by atoms with Gasteiger partial charge in [0, 0.05) is 45.6 Å². The summed E-state index contributed by atoms with van der Waals surface area (Å²) >= 11 is 13.7. The zero-order valence-electron chi connectivity index (χ0n) is 17.8. The van der Waals surface area contributed by atoms with E-state index in [-0.39, 0.29) is 17.2 Å². The van der Waals surface area contributed by atoms with E-state index in [2.05, 4.69) is 9.90 Å².